The van der Waals surface area contributed by atoms with Gasteiger partial charge in [-0.1, -0.05) is 19.3 Å². The van der Waals surface area contributed by atoms with Gasteiger partial charge in [0.2, 0.25) is 5.91 Å². The molecule has 1 atom stereocenters. The lowest BCUT2D eigenvalue weighted by atomic mass is 9.80. The third-order valence-corrected chi connectivity index (χ3v) is 4.76. The zero-order chi connectivity index (χ0) is 13.0. The largest absolute Gasteiger partial charge is 0.354 e. The van der Waals surface area contributed by atoms with Gasteiger partial charge in [-0.2, -0.15) is 0 Å². The number of carbonyl (C=O) groups excluding carboxylic acids is 1. The summed E-state index contributed by atoms with van der Waals surface area (Å²) in [5.41, 5.74) is 0.194. The Bertz CT molecular complexity index is 284. The molecule has 1 amide bonds. The van der Waals surface area contributed by atoms with Crippen LogP contribution in [0.2, 0.25) is 0 Å². The van der Waals surface area contributed by atoms with Gasteiger partial charge in [-0.15, -0.1) is 12.4 Å². The zero-order valence-electron chi connectivity index (χ0n) is 12.2. The van der Waals surface area contributed by atoms with Crippen molar-refractivity contribution in [3.8, 4) is 0 Å². The molecule has 0 bridgehead atoms. The molecule has 2 N–H and O–H groups in total. The second-order valence-electron chi connectivity index (χ2n) is 6.09. The Morgan fingerprint density at radius 3 is 2.53 bits per heavy atom. The first-order valence-corrected chi connectivity index (χ1v) is 7.30. The lowest BCUT2D eigenvalue weighted by molar-refractivity contribution is -0.125. The average molecular weight is 290 g/mol. The number of rotatable bonds is 4. The van der Waals surface area contributed by atoms with Gasteiger partial charge in [-0.3, -0.25) is 4.79 Å². The predicted molar refractivity (Wildman–Crippen MR) is 80.7 cm³/mol. The van der Waals surface area contributed by atoms with Gasteiger partial charge < -0.3 is 15.5 Å². The highest BCUT2D eigenvalue weighted by atomic mass is 35.5. The lowest BCUT2D eigenvalue weighted by Gasteiger charge is -2.43. The van der Waals surface area contributed by atoms with Gasteiger partial charge in [0.1, 0.15) is 0 Å². The molecule has 0 radical (unpaired) electrons. The topological polar surface area (TPSA) is 44.4 Å². The van der Waals surface area contributed by atoms with Crippen molar-refractivity contribution >= 4 is 18.3 Å². The molecule has 5 heteroatoms. The minimum Gasteiger partial charge on any atom is -0.354 e. The van der Waals surface area contributed by atoms with Crippen molar-refractivity contribution < 1.29 is 4.79 Å². The molecule has 2 rings (SSSR count). The molecule has 1 heterocycles. The highest BCUT2D eigenvalue weighted by Crippen LogP contribution is 2.31. The normalized spacial score (nSPS) is 25.9. The first-order valence-electron chi connectivity index (χ1n) is 7.30. The van der Waals surface area contributed by atoms with Gasteiger partial charge in [-0.25, -0.2) is 0 Å². The number of likely N-dealkylation sites (N-methyl/N-ethyl adjacent to an activating group) is 1. The second kappa shape index (κ2) is 7.46. The smallest absolute Gasteiger partial charge is 0.224 e. The fourth-order valence-electron chi connectivity index (χ4n) is 3.27. The van der Waals surface area contributed by atoms with Crippen molar-refractivity contribution in [1.82, 2.24) is 15.5 Å². The van der Waals surface area contributed by atoms with Gasteiger partial charge in [0, 0.05) is 18.6 Å². The quantitative estimate of drug-likeness (QED) is 0.822. The number of amides is 1. The van der Waals surface area contributed by atoms with Crippen molar-refractivity contribution in [2.75, 3.05) is 33.7 Å². The van der Waals surface area contributed by atoms with Crippen molar-refractivity contribution in [2.24, 2.45) is 5.92 Å². The SMILES string of the molecule is CN(C)C1(CNC(=O)C2CCNC2)CCCCC1.Cl. The van der Waals surface area contributed by atoms with Crippen molar-refractivity contribution in [2.45, 2.75) is 44.1 Å². The Morgan fingerprint density at radius 2 is 2.00 bits per heavy atom. The first-order chi connectivity index (χ1) is 8.64. The number of hydrogen-bond donors (Lipinski definition) is 2. The van der Waals surface area contributed by atoms with Crippen LogP contribution in [0.3, 0.4) is 0 Å². The number of halogens is 1. The minimum absolute atomic E-state index is 0. The molecule has 1 saturated carbocycles. The van der Waals surface area contributed by atoms with Crippen LogP contribution in [0, 0.1) is 5.92 Å². The van der Waals surface area contributed by atoms with Crippen molar-refractivity contribution in [3.05, 3.63) is 0 Å². The second-order valence-corrected chi connectivity index (χ2v) is 6.09. The lowest BCUT2D eigenvalue weighted by Crippen LogP contribution is -2.54. The number of nitrogens with zero attached hydrogens (tertiary/aromatic N) is 1. The molecule has 1 aliphatic heterocycles. The summed E-state index contributed by atoms with van der Waals surface area (Å²) >= 11 is 0. The molecule has 4 nitrogen and oxygen atoms in total. The third kappa shape index (κ3) is 4.07. The third-order valence-electron chi connectivity index (χ3n) is 4.76. The van der Waals surface area contributed by atoms with E-state index in [9.17, 15) is 4.79 Å². The molecule has 2 fully saturated rings. The van der Waals surface area contributed by atoms with Gasteiger partial charge in [0.25, 0.3) is 0 Å². The summed E-state index contributed by atoms with van der Waals surface area (Å²) < 4.78 is 0. The van der Waals surface area contributed by atoms with Gasteiger partial charge in [-0.05, 0) is 39.9 Å². The Balaban J connectivity index is 0.00000180. The van der Waals surface area contributed by atoms with E-state index in [0.29, 0.717) is 0 Å². The first kappa shape index (κ1) is 16.7. The van der Waals surface area contributed by atoms with Gasteiger partial charge >= 0.3 is 0 Å². The zero-order valence-corrected chi connectivity index (χ0v) is 13.0. The summed E-state index contributed by atoms with van der Waals surface area (Å²) in [6.07, 6.45) is 7.33. The molecular weight excluding hydrogens is 262 g/mol. The van der Waals surface area contributed by atoms with E-state index in [1.165, 1.54) is 32.1 Å². The molecule has 2 aliphatic rings. The summed E-state index contributed by atoms with van der Waals surface area (Å²) in [5.74, 6) is 0.430. The van der Waals surface area contributed by atoms with Crippen molar-refractivity contribution in [1.29, 1.82) is 0 Å². The maximum absolute atomic E-state index is 12.1. The Hall–Kier alpha value is -0.320. The highest BCUT2D eigenvalue weighted by molar-refractivity contribution is 5.85. The van der Waals surface area contributed by atoms with Crippen LogP contribution in [-0.2, 0) is 4.79 Å². The van der Waals surface area contributed by atoms with Gasteiger partial charge in [0.05, 0.1) is 5.92 Å². The molecule has 0 aromatic heterocycles. The summed E-state index contributed by atoms with van der Waals surface area (Å²) in [4.78, 5) is 14.4. The van der Waals surface area contributed by atoms with Crippen LogP contribution >= 0.6 is 12.4 Å². The Labute approximate surface area is 123 Å². The fourth-order valence-corrected chi connectivity index (χ4v) is 3.27. The summed E-state index contributed by atoms with van der Waals surface area (Å²) in [6.45, 7) is 2.65. The van der Waals surface area contributed by atoms with E-state index >= 15 is 0 Å². The van der Waals surface area contributed by atoms with Crippen LogP contribution in [-0.4, -0.2) is 50.1 Å². The van der Waals surface area contributed by atoms with E-state index in [4.69, 9.17) is 0 Å². The van der Waals surface area contributed by atoms with E-state index in [1.807, 2.05) is 0 Å². The van der Waals surface area contributed by atoms with E-state index in [0.717, 1.165) is 26.1 Å². The summed E-state index contributed by atoms with van der Waals surface area (Å²) in [7, 11) is 4.29. The van der Waals surface area contributed by atoms with E-state index in [1.54, 1.807) is 0 Å². The number of nitrogens with one attached hydrogen (secondary N) is 2. The minimum atomic E-state index is 0. The molecule has 19 heavy (non-hydrogen) atoms. The van der Waals surface area contributed by atoms with E-state index in [-0.39, 0.29) is 29.8 Å². The predicted octanol–water partition coefficient (Wildman–Crippen LogP) is 1.40. The average Bonchev–Trinajstić information content (AvgIpc) is 2.91. The molecule has 1 unspecified atom stereocenters. The van der Waals surface area contributed by atoms with E-state index < -0.39 is 0 Å². The Kier molecular flexibility index (Phi) is 6.57. The van der Waals surface area contributed by atoms with Crippen LogP contribution < -0.4 is 10.6 Å². The monoisotopic (exact) mass is 289 g/mol. The summed E-state index contributed by atoms with van der Waals surface area (Å²) in [6, 6.07) is 0. The molecule has 0 spiro atoms. The highest BCUT2D eigenvalue weighted by Gasteiger charge is 2.35. The van der Waals surface area contributed by atoms with Crippen molar-refractivity contribution in [3.63, 3.8) is 0 Å². The number of carbonyl (C=O) groups is 1. The number of hydrogen-bond acceptors (Lipinski definition) is 3. The van der Waals surface area contributed by atoms with Crippen LogP contribution in [0.4, 0.5) is 0 Å². The molecule has 112 valence electrons. The molecule has 1 aliphatic carbocycles. The summed E-state index contributed by atoms with van der Waals surface area (Å²) in [5, 5.41) is 6.45. The Morgan fingerprint density at radius 1 is 1.32 bits per heavy atom. The molecular formula is C14H28ClN3O. The molecule has 0 aromatic rings. The van der Waals surface area contributed by atoms with E-state index in [2.05, 4.69) is 29.6 Å². The van der Waals surface area contributed by atoms with Crippen LogP contribution in [0.25, 0.3) is 0 Å². The van der Waals surface area contributed by atoms with Crippen LogP contribution in [0.5, 0.6) is 0 Å². The van der Waals surface area contributed by atoms with Gasteiger partial charge in [0.15, 0.2) is 0 Å². The molecule has 0 aromatic carbocycles. The fraction of sp³-hybridized carbons (Fsp3) is 0.929. The van der Waals surface area contributed by atoms with Crippen LogP contribution in [0.15, 0.2) is 0 Å². The standard InChI is InChI=1S/C14H27N3O.ClH/c1-17(2)14(7-4-3-5-8-14)11-16-13(18)12-6-9-15-10-12;/h12,15H,3-11H2,1-2H3,(H,16,18);1H. The van der Waals surface area contributed by atoms with Crippen LogP contribution in [0.1, 0.15) is 38.5 Å². The maximum Gasteiger partial charge on any atom is 0.224 e. The molecule has 1 saturated heterocycles. The maximum atomic E-state index is 12.1.